The molecule has 17 heavy (non-hydrogen) atoms. The van der Waals surface area contributed by atoms with E-state index in [0.29, 0.717) is 22.5 Å². The predicted octanol–water partition coefficient (Wildman–Crippen LogP) is 5.03. The van der Waals surface area contributed by atoms with Gasteiger partial charge in [0, 0.05) is 16.5 Å². The van der Waals surface area contributed by atoms with Crippen molar-refractivity contribution in [3.8, 4) is 11.6 Å². The lowest BCUT2D eigenvalue weighted by Gasteiger charge is -2.07. The largest absolute Gasteiger partial charge is 0.438 e. The number of hydrogen-bond donors (Lipinski definition) is 0. The molecule has 0 bridgehead atoms. The van der Waals surface area contributed by atoms with E-state index in [1.807, 2.05) is 24.3 Å². The highest BCUT2D eigenvalue weighted by Crippen LogP contribution is 2.28. The fraction of sp³-hybridized carbons (Fsp3) is 0.0833. The molecule has 0 unspecified atom stereocenters. The molecule has 0 fully saturated rings. The Morgan fingerprint density at radius 1 is 1.24 bits per heavy atom. The first-order chi connectivity index (χ1) is 8.19. The molecule has 0 amide bonds. The van der Waals surface area contributed by atoms with Gasteiger partial charge in [-0.05, 0) is 35.9 Å². The normalized spacial score (nSPS) is 10.3. The average molecular weight is 333 g/mol. The number of halogens is 3. The number of benzene rings is 1. The number of aromatic nitrogens is 1. The molecule has 1 heterocycles. The zero-order chi connectivity index (χ0) is 12.3. The third-order valence-electron chi connectivity index (χ3n) is 2.05. The first-order valence-corrected chi connectivity index (χ1v) is 6.53. The van der Waals surface area contributed by atoms with Crippen molar-refractivity contribution in [3.63, 3.8) is 0 Å². The Morgan fingerprint density at radius 2 is 1.94 bits per heavy atom. The molecule has 0 radical (unpaired) electrons. The number of nitrogens with zero attached hydrogens (tertiary/aromatic N) is 1. The van der Waals surface area contributed by atoms with Crippen molar-refractivity contribution < 1.29 is 4.74 Å². The van der Waals surface area contributed by atoms with Gasteiger partial charge in [-0.3, -0.25) is 0 Å². The van der Waals surface area contributed by atoms with Gasteiger partial charge in [-0.2, -0.15) is 0 Å². The molecule has 0 saturated carbocycles. The summed E-state index contributed by atoms with van der Waals surface area (Å²) >= 11 is 15.1. The van der Waals surface area contributed by atoms with Gasteiger partial charge in [0.05, 0.1) is 0 Å². The van der Waals surface area contributed by atoms with Crippen LogP contribution in [0.2, 0.25) is 5.02 Å². The number of hydrogen-bond acceptors (Lipinski definition) is 2. The van der Waals surface area contributed by atoms with E-state index in [0.717, 1.165) is 10.0 Å². The van der Waals surface area contributed by atoms with Crippen LogP contribution in [0, 0.1) is 0 Å². The van der Waals surface area contributed by atoms with Crippen LogP contribution in [0.3, 0.4) is 0 Å². The predicted molar refractivity (Wildman–Crippen MR) is 73.0 cm³/mol. The highest BCUT2D eigenvalue weighted by atomic mass is 79.9. The maximum atomic E-state index is 6.03. The monoisotopic (exact) mass is 331 g/mol. The quantitative estimate of drug-likeness (QED) is 0.735. The standard InChI is InChI=1S/C12H8BrCl2NO/c13-9-1-3-10(4-2-9)17-12-11(15)5-8(6-14)7-16-12/h1-5,7H,6H2. The summed E-state index contributed by atoms with van der Waals surface area (Å²) in [5, 5.41) is 0.450. The lowest BCUT2D eigenvalue weighted by atomic mass is 10.3. The zero-order valence-electron chi connectivity index (χ0n) is 8.66. The van der Waals surface area contributed by atoms with Gasteiger partial charge in [-0.25, -0.2) is 4.98 Å². The molecule has 0 aliphatic rings. The van der Waals surface area contributed by atoms with Crippen LogP contribution in [0.25, 0.3) is 0 Å². The van der Waals surface area contributed by atoms with E-state index < -0.39 is 0 Å². The number of pyridine rings is 1. The van der Waals surface area contributed by atoms with E-state index in [1.165, 1.54) is 0 Å². The molecular formula is C12H8BrCl2NO. The summed E-state index contributed by atoms with van der Waals surface area (Å²) in [4.78, 5) is 4.12. The van der Waals surface area contributed by atoms with Crippen LogP contribution in [-0.2, 0) is 5.88 Å². The van der Waals surface area contributed by atoms with Gasteiger partial charge in [0.2, 0.25) is 5.88 Å². The second kappa shape index (κ2) is 5.71. The number of alkyl halides is 1. The minimum atomic E-state index is 0.378. The summed E-state index contributed by atoms with van der Waals surface area (Å²) in [5.41, 5.74) is 0.861. The Balaban J connectivity index is 2.21. The molecule has 88 valence electrons. The molecule has 0 aliphatic heterocycles. The maximum absolute atomic E-state index is 6.03. The Kier molecular flexibility index (Phi) is 4.26. The third kappa shape index (κ3) is 3.35. The highest BCUT2D eigenvalue weighted by molar-refractivity contribution is 9.10. The molecule has 2 aromatic rings. The molecule has 5 heteroatoms. The van der Waals surface area contributed by atoms with Crippen molar-refractivity contribution in [1.29, 1.82) is 0 Å². The Labute approximate surface area is 118 Å². The van der Waals surface area contributed by atoms with Crippen molar-refractivity contribution in [2.45, 2.75) is 5.88 Å². The average Bonchev–Trinajstić information content (AvgIpc) is 2.34. The first-order valence-electron chi connectivity index (χ1n) is 4.83. The summed E-state index contributed by atoms with van der Waals surface area (Å²) in [7, 11) is 0. The van der Waals surface area contributed by atoms with Gasteiger partial charge < -0.3 is 4.74 Å². The van der Waals surface area contributed by atoms with Crippen molar-refractivity contribution in [2.75, 3.05) is 0 Å². The Hall–Kier alpha value is -0.770. The van der Waals surface area contributed by atoms with Gasteiger partial charge in [0.25, 0.3) is 0 Å². The van der Waals surface area contributed by atoms with Crippen LogP contribution in [0.5, 0.6) is 11.6 Å². The molecule has 0 N–H and O–H groups in total. The van der Waals surface area contributed by atoms with E-state index in [2.05, 4.69) is 20.9 Å². The summed E-state index contributed by atoms with van der Waals surface area (Å²) in [6.07, 6.45) is 1.65. The van der Waals surface area contributed by atoms with Crippen LogP contribution in [0.15, 0.2) is 41.0 Å². The zero-order valence-corrected chi connectivity index (χ0v) is 11.8. The minimum absolute atomic E-state index is 0.378. The van der Waals surface area contributed by atoms with Crippen LogP contribution < -0.4 is 4.74 Å². The lowest BCUT2D eigenvalue weighted by molar-refractivity contribution is 0.463. The maximum Gasteiger partial charge on any atom is 0.238 e. The van der Waals surface area contributed by atoms with E-state index >= 15 is 0 Å². The van der Waals surface area contributed by atoms with E-state index in [1.54, 1.807) is 12.3 Å². The van der Waals surface area contributed by atoms with E-state index in [9.17, 15) is 0 Å². The molecule has 0 aliphatic carbocycles. The molecule has 0 saturated heterocycles. The lowest BCUT2D eigenvalue weighted by Crippen LogP contribution is -1.90. The second-order valence-corrected chi connectivity index (χ2v) is 4.91. The summed E-state index contributed by atoms with van der Waals surface area (Å²) in [5.74, 6) is 1.44. The van der Waals surface area contributed by atoms with E-state index in [4.69, 9.17) is 27.9 Å². The molecular weight excluding hydrogens is 325 g/mol. The van der Waals surface area contributed by atoms with Crippen LogP contribution in [-0.4, -0.2) is 4.98 Å². The molecule has 2 rings (SSSR count). The fourth-order valence-electron chi connectivity index (χ4n) is 1.23. The van der Waals surface area contributed by atoms with Crippen molar-refractivity contribution >= 4 is 39.1 Å². The fourth-order valence-corrected chi connectivity index (χ4v) is 1.87. The van der Waals surface area contributed by atoms with Crippen molar-refractivity contribution in [3.05, 3.63) is 51.6 Å². The molecule has 0 spiro atoms. The van der Waals surface area contributed by atoms with Gasteiger partial charge in [-0.1, -0.05) is 27.5 Å². The van der Waals surface area contributed by atoms with Gasteiger partial charge >= 0.3 is 0 Å². The summed E-state index contributed by atoms with van der Waals surface area (Å²) < 4.78 is 6.54. The van der Waals surface area contributed by atoms with E-state index in [-0.39, 0.29) is 0 Å². The first kappa shape index (κ1) is 12.7. The smallest absolute Gasteiger partial charge is 0.238 e. The van der Waals surface area contributed by atoms with Crippen molar-refractivity contribution in [1.82, 2.24) is 4.98 Å². The highest BCUT2D eigenvalue weighted by Gasteiger charge is 2.05. The second-order valence-electron chi connectivity index (χ2n) is 3.32. The Morgan fingerprint density at radius 3 is 2.53 bits per heavy atom. The number of ether oxygens (including phenoxy) is 1. The van der Waals surface area contributed by atoms with Gasteiger partial charge in [0.15, 0.2) is 0 Å². The third-order valence-corrected chi connectivity index (χ3v) is 3.15. The number of rotatable bonds is 3. The topological polar surface area (TPSA) is 22.1 Å². The molecule has 1 aromatic heterocycles. The van der Waals surface area contributed by atoms with Crippen LogP contribution in [0.1, 0.15) is 5.56 Å². The molecule has 2 nitrogen and oxygen atoms in total. The van der Waals surface area contributed by atoms with Crippen molar-refractivity contribution in [2.24, 2.45) is 0 Å². The SMILES string of the molecule is ClCc1cnc(Oc2ccc(Br)cc2)c(Cl)c1. The molecule has 1 aromatic carbocycles. The van der Waals surface area contributed by atoms with Gasteiger partial charge in [-0.15, -0.1) is 11.6 Å². The summed E-state index contributed by atoms with van der Waals surface area (Å²) in [6, 6.07) is 9.18. The minimum Gasteiger partial charge on any atom is -0.438 e. The van der Waals surface area contributed by atoms with Crippen LogP contribution >= 0.6 is 39.1 Å². The van der Waals surface area contributed by atoms with Gasteiger partial charge in [0.1, 0.15) is 10.8 Å². The molecule has 0 atom stereocenters. The van der Waals surface area contributed by atoms with Crippen LogP contribution in [0.4, 0.5) is 0 Å². The summed E-state index contributed by atoms with van der Waals surface area (Å²) in [6.45, 7) is 0. The Bertz CT molecular complexity index is 516.